The van der Waals surface area contributed by atoms with Gasteiger partial charge in [0.15, 0.2) is 0 Å². The molecule has 0 aromatic heterocycles. The molecule has 0 aliphatic carbocycles. The van der Waals surface area contributed by atoms with Crippen LogP contribution in [0, 0.1) is 16.7 Å². The third kappa shape index (κ3) is 8.15. The summed E-state index contributed by atoms with van der Waals surface area (Å²) in [4.78, 5) is 0. The van der Waals surface area contributed by atoms with Crippen molar-refractivity contribution in [2.24, 2.45) is 16.7 Å². The molecule has 0 rings (SSSR count). The molecule has 1 unspecified atom stereocenters. The topological polar surface area (TPSA) is 9.23 Å². The van der Waals surface area contributed by atoms with Crippen LogP contribution in [-0.4, -0.2) is 19.0 Å². The summed E-state index contributed by atoms with van der Waals surface area (Å²) in [7, 11) is 0. The molecule has 0 heterocycles. The van der Waals surface area contributed by atoms with E-state index >= 15 is 0 Å². The Morgan fingerprint density at radius 3 is 1.93 bits per heavy atom. The van der Waals surface area contributed by atoms with Crippen LogP contribution in [0.1, 0.15) is 48.0 Å². The Kier molecular flexibility index (Phi) is 6.27. The van der Waals surface area contributed by atoms with Crippen molar-refractivity contribution in [2.75, 3.05) is 19.0 Å². The van der Waals surface area contributed by atoms with Gasteiger partial charge in [-0.05, 0) is 28.9 Å². The molecule has 0 aromatic rings. The fourth-order valence-corrected chi connectivity index (χ4v) is 1.83. The quantitative estimate of drug-likeness (QED) is 0.556. The Hall–Kier alpha value is 0.310. The third-order valence-electron chi connectivity index (χ3n) is 2.76. The van der Waals surface area contributed by atoms with Crippen molar-refractivity contribution in [3.8, 4) is 0 Å². The summed E-state index contributed by atoms with van der Waals surface area (Å²) < 4.78 is 5.74. The summed E-state index contributed by atoms with van der Waals surface area (Å²) >= 11 is 4.39. The Balaban J connectivity index is 3.75. The van der Waals surface area contributed by atoms with Crippen molar-refractivity contribution in [1.82, 2.24) is 0 Å². The monoisotopic (exact) mass is 232 g/mol. The van der Waals surface area contributed by atoms with Crippen LogP contribution in [0.15, 0.2) is 0 Å². The third-order valence-corrected chi connectivity index (χ3v) is 3.20. The Bertz CT molecular complexity index is 164. The minimum atomic E-state index is 0.295. The largest absolute Gasteiger partial charge is 0.381 e. The minimum Gasteiger partial charge on any atom is -0.381 e. The molecule has 0 saturated carbocycles. The van der Waals surface area contributed by atoms with Gasteiger partial charge in [-0.25, -0.2) is 0 Å². The maximum atomic E-state index is 5.74. The van der Waals surface area contributed by atoms with Crippen molar-refractivity contribution >= 4 is 12.6 Å². The number of rotatable bonds is 5. The molecule has 0 N–H and O–H groups in total. The van der Waals surface area contributed by atoms with Crippen molar-refractivity contribution in [2.45, 2.75) is 48.0 Å². The molecular formula is C13H28OS. The van der Waals surface area contributed by atoms with Gasteiger partial charge in [0.25, 0.3) is 0 Å². The van der Waals surface area contributed by atoms with E-state index < -0.39 is 0 Å². The van der Waals surface area contributed by atoms with E-state index in [0.29, 0.717) is 16.7 Å². The molecule has 0 bridgehead atoms. The fourth-order valence-electron chi connectivity index (χ4n) is 1.18. The van der Waals surface area contributed by atoms with E-state index in [2.05, 4.69) is 54.2 Å². The van der Waals surface area contributed by atoms with Crippen LogP contribution in [0.5, 0.6) is 0 Å². The minimum absolute atomic E-state index is 0.295. The van der Waals surface area contributed by atoms with Crippen molar-refractivity contribution < 1.29 is 4.74 Å². The van der Waals surface area contributed by atoms with Crippen LogP contribution in [-0.2, 0) is 4.74 Å². The van der Waals surface area contributed by atoms with E-state index in [4.69, 9.17) is 4.74 Å². The second kappa shape index (κ2) is 6.15. The molecule has 0 amide bonds. The van der Waals surface area contributed by atoms with Crippen molar-refractivity contribution in [3.63, 3.8) is 0 Å². The molecular weight excluding hydrogens is 204 g/mol. The van der Waals surface area contributed by atoms with E-state index in [1.807, 2.05) is 0 Å². The van der Waals surface area contributed by atoms with Gasteiger partial charge in [-0.15, -0.1) is 0 Å². The summed E-state index contributed by atoms with van der Waals surface area (Å²) in [6, 6.07) is 0. The van der Waals surface area contributed by atoms with Crippen LogP contribution in [0.25, 0.3) is 0 Å². The molecule has 0 fully saturated rings. The first-order chi connectivity index (χ1) is 6.67. The summed E-state index contributed by atoms with van der Waals surface area (Å²) in [6.45, 7) is 15.2. The lowest BCUT2D eigenvalue weighted by Crippen LogP contribution is -2.27. The van der Waals surface area contributed by atoms with Gasteiger partial charge in [0, 0.05) is 6.61 Å². The molecule has 2 heteroatoms. The van der Waals surface area contributed by atoms with Gasteiger partial charge in [-0.2, -0.15) is 12.6 Å². The molecule has 15 heavy (non-hydrogen) atoms. The van der Waals surface area contributed by atoms with E-state index in [0.717, 1.165) is 25.4 Å². The number of thiol groups is 1. The van der Waals surface area contributed by atoms with Crippen LogP contribution in [0.4, 0.5) is 0 Å². The highest BCUT2D eigenvalue weighted by Gasteiger charge is 2.23. The molecule has 0 aromatic carbocycles. The highest BCUT2D eigenvalue weighted by Crippen LogP contribution is 2.27. The van der Waals surface area contributed by atoms with Gasteiger partial charge in [0.2, 0.25) is 0 Å². The van der Waals surface area contributed by atoms with Crippen LogP contribution >= 0.6 is 12.6 Å². The standard InChI is InChI=1S/C13H28OS/c1-12(2,3)7-8-14-9-11(10-15)13(4,5)6/h11,15H,7-10H2,1-6H3. The molecule has 92 valence electrons. The first-order valence-electron chi connectivity index (χ1n) is 5.85. The smallest absolute Gasteiger partial charge is 0.0507 e. The molecule has 0 spiro atoms. The Morgan fingerprint density at radius 1 is 1.07 bits per heavy atom. The average Bonchev–Trinajstić information content (AvgIpc) is 1.99. The maximum Gasteiger partial charge on any atom is 0.0507 e. The molecule has 1 nitrogen and oxygen atoms in total. The molecule has 0 saturated heterocycles. The first-order valence-corrected chi connectivity index (χ1v) is 6.48. The SMILES string of the molecule is CC(C)(C)CCOCC(CS)C(C)(C)C. The number of ether oxygens (including phenoxy) is 1. The van der Waals surface area contributed by atoms with E-state index in [1.54, 1.807) is 0 Å². The van der Waals surface area contributed by atoms with E-state index in [-0.39, 0.29) is 0 Å². The van der Waals surface area contributed by atoms with Gasteiger partial charge in [0.1, 0.15) is 0 Å². The van der Waals surface area contributed by atoms with Gasteiger partial charge >= 0.3 is 0 Å². The van der Waals surface area contributed by atoms with E-state index in [1.165, 1.54) is 0 Å². The summed E-state index contributed by atoms with van der Waals surface area (Å²) in [6.07, 6.45) is 1.12. The normalized spacial score (nSPS) is 15.4. The summed E-state index contributed by atoms with van der Waals surface area (Å²) in [5.41, 5.74) is 0.668. The molecule has 0 aliphatic heterocycles. The first kappa shape index (κ1) is 15.3. The highest BCUT2D eigenvalue weighted by atomic mass is 32.1. The van der Waals surface area contributed by atoms with Gasteiger partial charge in [-0.1, -0.05) is 41.5 Å². The average molecular weight is 232 g/mol. The predicted molar refractivity (Wildman–Crippen MR) is 71.7 cm³/mol. The van der Waals surface area contributed by atoms with Crippen LogP contribution < -0.4 is 0 Å². The number of hydrogen-bond donors (Lipinski definition) is 1. The second-order valence-electron chi connectivity index (χ2n) is 6.63. The predicted octanol–water partition coefficient (Wildman–Crippen LogP) is 4.03. The summed E-state index contributed by atoms with van der Waals surface area (Å²) in [5, 5.41) is 0. The van der Waals surface area contributed by atoms with Gasteiger partial charge in [-0.3, -0.25) is 0 Å². The lowest BCUT2D eigenvalue weighted by Gasteiger charge is -2.29. The molecule has 1 atom stereocenters. The Labute approximate surface area is 101 Å². The Morgan fingerprint density at radius 2 is 1.60 bits per heavy atom. The zero-order chi connectivity index (χ0) is 12.1. The van der Waals surface area contributed by atoms with Gasteiger partial charge < -0.3 is 4.74 Å². The molecule has 0 radical (unpaired) electrons. The van der Waals surface area contributed by atoms with E-state index in [9.17, 15) is 0 Å². The van der Waals surface area contributed by atoms with Crippen molar-refractivity contribution in [1.29, 1.82) is 0 Å². The zero-order valence-electron chi connectivity index (χ0n) is 11.3. The molecule has 0 aliphatic rings. The van der Waals surface area contributed by atoms with Crippen LogP contribution in [0.3, 0.4) is 0 Å². The second-order valence-corrected chi connectivity index (χ2v) is 7.00. The zero-order valence-corrected chi connectivity index (χ0v) is 12.2. The fraction of sp³-hybridized carbons (Fsp3) is 1.00. The lowest BCUT2D eigenvalue weighted by molar-refractivity contribution is 0.0526. The van der Waals surface area contributed by atoms with Gasteiger partial charge in [0.05, 0.1) is 6.61 Å². The van der Waals surface area contributed by atoms with Crippen LogP contribution in [0.2, 0.25) is 0 Å². The summed E-state index contributed by atoms with van der Waals surface area (Å²) in [5.74, 6) is 1.44. The number of hydrogen-bond acceptors (Lipinski definition) is 2. The lowest BCUT2D eigenvalue weighted by atomic mass is 9.82. The van der Waals surface area contributed by atoms with Crippen molar-refractivity contribution in [3.05, 3.63) is 0 Å². The maximum absolute atomic E-state index is 5.74. The highest BCUT2D eigenvalue weighted by molar-refractivity contribution is 7.80.